The van der Waals surface area contributed by atoms with Crippen LogP contribution < -0.4 is 4.90 Å². The van der Waals surface area contributed by atoms with Gasteiger partial charge in [0.1, 0.15) is 0 Å². The molecular formula is C28H40N4O2. The summed E-state index contributed by atoms with van der Waals surface area (Å²) >= 11 is 0. The fourth-order valence-electron chi connectivity index (χ4n) is 4.66. The fraction of sp³-hybridized carbons (Fsp3) is 0.500. The van der Waals surface area contributed by atoms with E-state index in [1.807, 2.05) is 10.7 Å². The monoisotopic (exact) mass is 464 g/mol. The van der Waals surface area contributed by atoms with Crippen molar-refractivity contribution in [2.45, 2.75) is 52.4 Å². The Balaban J connectivity index is 0.000000588. The highest BCUT2D eigenvalue weighted by Crippen LogP contribution is 2.31. The number of piperazine rings is 1. The molecular weight excluding hydrogens is 424 g/mol. The molecule has 0 aliphatic carbocycles. The summed E-state index contributed by atoms with van der Waals surface area (Å²) < 4.78 is 6.19. The van der Waals surface area contributed by atoms with Gasteiger partial charge in [0.15, 0.2) is 0 Å². The third-order valence-corrected chi connectivity index (χ3v) is 6.55. The van der Waals surface area contributed by atoms with Gasteiger partial charge in [-0.3, -0.25) is 4.79 Å². The Kier molecular flexibility index (Phi) is 9.95. The second-order valence-corrected chi connectivity index (χ2v) is 9.01. The summed E-state index contributed by atoms with van der Waals surface area (Å²) in [4.78, 5) is 14.1. The second-order valence-electron chi connectivity index (χ2n) is 9.01. The average molecular weight is 465 g/mol. The number of carbonyl (C=O) groups excluding carboxylic acids is 1. The lowest BCUT2D eigenvalue weighted by atomic mass is 9.89. The van der Waals surface area contributed by atoms with Gasteiger partial charge in [-0.15, -0.1) is 0 Å². The number of benzene rings is 1. The SMILES string of the molecule is CCCC(CCC)c1ccc(-c2cc3c(N4CCN(C)CC4)ccnn3c2)cc1.CCOC=O. The molecule has 0 radical (unpaired) electrons. The van der Waals surface area contributed by atoms with Crippen molar-refractivity contribution in [3.63, 3.8) is 0 Å². The molecule has 0 amide bonds. The summed E-state index contributed by atoms with van der Waals surface area (Å²) in [6.07, 6.45) is 9.15. The highest BCUT2D eigenvalue weighted by molar-refractivity contribution is 5.80. The van der Waals surface area contributed by atoms with Gasteiger partial charge in [0.25, 0.3) is 6.47 Å². The van der Waals surface area contributed by atoms with Gasteiger partial charge in [0, 0.05) is 44.1 Å². The van der Waals surface area contributed by atoms with Gasteiger partial charge >= 0.3 is 0 Å². The van der Waals surface area contributed by atoms with Crippen molar-refractivity contribution < 1.29 is 9.53 Å². The van der Waals surface area contributed by atoms with Crippen LogP contribution in [0.25, 0.3) is 16.6 Å². The number of ether oxygens (including phenoxy) is 1. The Morgan fingerprint density at radius 3 is 2.21 bits per heavy atom. The molecule has 0 N–H and O–H groups in total. The molecule has 0 spiro atoms. The number of nitrogens with zero attached hydrogens (tertiary/aromatic N) is 4. The molecule has 2 aromatic heterocycles. The first-order valence-corrected chi connectivity index (χ1v) is 12.7. The topological polar surface area (TPSA) is 50.1 Å². The molecule has 0 bridgehead atoms. The zero-order valence-electron chi connectivity index (χ0n) is 21.2. The van der Waals surface area contributed by atoms with Crippen molar-refractivity contribution in [3.05, 3.63) is 54.4 Å². The normalized spacial score (nSPS) is 14.2. The molecule has 1 aromatic carbocycles. The van der Waals surface area contributed by atoms with Crippen molar-refractivity contribution >= 4 is 17.7 Å². The van der Waals surface area contributed by atoms with Crippen LogP contribution in [0.5, 0.6) is 0 Å². The number of hydrogen-bond acceptors (Lipinski definition) is 5. The van der Waals surface area contributed by atoms with Crippen LogP contribution in [0.3, 0.4) is 0 Å². The third kappa shape index (κ3) is 6.60. The maximum atomic E-state index is 9.18. The van der Waals surface area contributed by atoms with E-state index in [2.05, 4.69) is 83.1 Å². The molecule has 34 heavy (non-hydrogen) atoms. The summed E-state index contributed by atoms with van der Waals surface area (Å²) in [5.74, 6) is 0.692. The molecule has 184 valence electrons. The van der Waals surface area contributed by atoms with Gasteiger partial charge < -0.3 is 14.5 Å². The summed E-state index contributed by atoms with van der Waals surface area (Å²) in [5, 5.41) is 4.57. The van der Waals surface area contributed by atoms with Crippen LogP contribution in [0.2, 0.25) is 0 Å². The minimum absolute atomic E-state index is 0.431. The molecule has 6 nitrogen and oxygen atoms in total. The van der Waals surface area contributed by atoms with Crippen LogP contribution in [-0.4, -0.2) is 60.8 Å². The van der Waals surface area contributed by atoms with E-state index in [0.717, 1.165) is 26.2 Å². The largest absolute Gasteiger partial charge is 0.468 e. The van der Waals surface area contributed by atoms with Gasteiger partial charge in [-0.2, -0.15) is 5.10 Å². The predicted octanol–water partition coefficient (Wildman–Crippen LogP) is 5.62. The van der Waals surface area contributed by atoms with E-state index in [4.69, 9.17) is 0 Å². The molecule has 1 aliphatic heterocycles. The molecule has 0 atom stereocenters. The Hall–Kier alpha value is -2.86. The van der Waals surface area contributed by atoms with Crippen molar-refractivity contribution in [2.24, 2.45) is 0 Å². The van der Waals surface area contributed by atoms with Gasteiger partial charge in [0.2, 0.25) is 0 Å². The van der Waals surface area contributed by atoms with Crippen LogP contribution >= 0.6 is 0 Å². The van der Waals surface area contributed by atoms with Crippen molar-refractivity contribution in [2.75, 3.05) is 44.7 Å². The predicted molar refractivity (Wildman–Crippen MR) is 141 cm³/mol. The van der Waals surface area contributed by atoms with Crippen LogP contribution in [0, 0.1) is 0 Å². The van der Waals surface area contributed by atoms with Crippen LogP contribution in [0.1, 0.15) is 57.9 Å². The smallest absolute Gasteiger partial charge is 0.293 e. The highest BCUT2D eigenvalue weighted by atomic mass is 16.5. The Bertz CT molecular complexity index is 1000. The Morgan fingerprint density at radius 2 is 1.65 bits per heavy atom. The number of hydrogen-bond donors (Lipinski definition) is 0. The van der Waals surface area contributed by atoms with Gasteiger partial charge in [-0.05, 0) is 56.0 Å². The molecule has 0 unspecified atom stereocenters. The lowest BCUT2D eigenvalue weighted by molar-refractivity contribution is -0.128. The van der Waals surface area contributed by atoms with Crippen LogP contribution in [-0.2, 0) is 9.53 Å². The maximum Gasteiger partial charge on any atom is 0.293 e. The third-order valence-electron chi connectivity index (χ3n) is 6.55. The molecule has 4 rings (SSSR count). The van der Waals surface area contributed by atoms with Crippen LogP contribution in [0.15, 0.2) is 48.8 Å². The lowest BCUT2D eigenvalue weighted by Crippen LogP contribution is -2.44. The number of carbonyl (C=O) groups is 1. The highest BCUT2D eigenvalue weighted by Gasteiger charge is 2.18. The number of fused-ring (bicyclic) bond motifs is 1. The minimum atomic E-state index is 0.431. The first kappa shape index (κ1) is 25.8. The molecule has 1 aliphatic rings. The molecule has 0 saturated carbocycles. The quantitative estimate of drug-likeness (QED) is 0.385. The summed E-state index contributed by atoms with van der Waals surface area (Å²) in [7, 11) is 2.20. The summed E-state index contributed by atoms with van der Waals surface area (Å²) in [6, 6.07) is 13.7. The number of rotatable bonds is 9. The standard InChI is InChI=1S/C25H34N4.C3H6O2/c1-4-6-20(7-5-2)21-8-10-22(11-9-21)23-18-25-24(12-13-26-29(25)19-23)28-16-14-27(3)15-17-28;1-2-5-3-4/h8-13,18-20H,4-7,14-17H2,1-3H3;3H,2H2,1H3. The van der Waals surface area contributed by atoms with E-state index >= 15 is 0 Å². The van der Waals surface area contributed by atoms with Gasteiger partial charge in [-0.1, -0.05) is 51.0 Å². The van der Waals surface area contributed by atoms with E-state index in [9.17, 15) is 4.79 Å². The van der Waals surface area contributed by atoms with E-state index in [0.29, 0.717) is 19.0 Å². The number of likely N-dealkylation sites (N-methyl/N-ethyl adjacent to an activating group) is 1. The van der Waals surface area contributed by atoms with E-state index in [1.54, 1.807) is 6.92 Å². The van der Waals surface area contributed by atoms with Gasteiger partial charge in [0.05, 0.1) is 17.8 Å². The zero-order valence-corrected chi connectivity index (χ0v) is 21.2. The lowest BCUT2D eigenvalue weighted by Gasteiger charge is -2.34. The van der Waals surface area contributed by atoms with Crippen LogP contribution in [0.4, 0.5) is 5.69 Å². The van der Waals surface area contributed by atoms with Crippen molar-refractivity contribution in [1.82, 2.24) is 14.5 Å². The van der Waals surface area contributed by atoms with Crippen molar-refractivity contribution in [1.29, 1.82) is 0 Å². The maximum absolute atomic E-state index is 9.18. The molecule has 1 saturated heterocycles. The first-order valence-electron chi connectivity index (χ1n) is 12.7. The second kappa shape index (κ2) is 13.1. The first-order chi connectivity index (χ1) is 16.6. The van der Waals surface area contributed by atoms with E-state index in [-0.39, 0.29) is 0 Å². The summed E-state index contributed by atoms with van der Waals surface area (Å²) in [5.41, 5.74) is 6.49. The zero-order chi connectivity index (χ0) is 24.3. The molecule has 6 heteroatoms. The minimum Gasteiger partial charge on any atom is -0.468 e. The average Bonchev–Trinajstić information content (AvgIpc) is 3.30. The molecule has 3 aromatic rings. The Morgan fingerprint density at radius 1 is 0.971 bits per heavy atom. The van der Waals surface area contributed by atoms with Crippen molar-refractivity contribution in [3.8, 4) is 11.1 Å². The molecule has 3 heterocycles. The Labute approximate surface area is 204 Å². The van der Waals surface area contributed by atoms with E-state index < -0.39 is 0 Å². The molecule has 1 fully saturated rings. The number of anilines is 1. The van der Waals surface area contributed by atoms with E-state index in [1.165, 1.54) is 53.6 Å². The fourth-order valence-corrected chi connectivity index (χ4v) is 4.66. The van der Waals surface area contributed by atoms with Gasteiger partial charge in [-0.25, -0.2) is 4.52 Å². The summed E-state index contributed by atoms with van der Waals surface area (Å²) in [6.45, 7) is 11.6. The number of aromatic nitrogens is 2.